The van der Waals surface area contributed by atoms with Crippen molar-refractivity contribution in [2.75, 3.05) is 39.6 Å². The molecule has 2 rings (SSSR count). The molecule has 0 aromatic carbocycles. The fraction of sp³-hybridized carbons (Fsp3) is 1.00. The Morgan fingerprint density at radius 1 is 1.40 bits per heavy atom. The van der Waals surface area contributed by atoms with E-state index in [1.54, 1.807) is 0 Å². The lowest BCUT2D eigenvalue weighted by molar-refractivity contribution is 0.0598. The molecule has 4 heteroatoms. The van der Waals surface area contributed by atoms with E-state index in [9.17, 15) is 5.11 Å². The predicted octanol–water partition coefficient (Wildman–Crippen LogP) is 1.96. The topological polar surface area (TPSA) is 50.7 Å². The second-order valence-corrected chi connectivity index (χ2v) is 6.42. The highest BCUT2D eigenvalue weighted by atomic mass is 16.5. The van der Waals surface area contributed by atoms with Gasteiger partial charge in [0.1, 0.15) is 0 Å². The molecule has 0 radical (unpaired) electrons. The molecule has 1 aliphatic carbocycles. The Bertz CT molecular complexity index is 268. The molecule has 1 aliphatic heterocycles. The van der Waals surface area contributed by atoms with Gasteiger partial charge in [-0.05, 0) is 44.6 Å². The van der Waals surface area contributed by atoms with E-state index in [-0.39, 0.29) is 12.1 Å². The highest BCUT2D eigenvalue weighted by Gasteiger charge is 2.41. The third kappa shape index (κ3) is 4.17. The summed E-state index contributed by atoms with van der Waals surface area (Å²) >= 11 is 0. The van der Waals surface area contributed by atoms with Crippen molar-refractivity contribution in [2.45, 2.75) is 51.0 Å². The van der Waals surface area contributed by atoms with Crippen LogP contribution in [0.1, 0.15) is 45.4 Å². The standard InChI is InChI=1S/C16H31NO3/c1-2-8-17-16(13-18)7-3-4-15(16)6-10-20-12-14-5-9-19-11-14/h14-15,17-18H,2-13H2,1H3. The largest absolute Gasteiger partial charge is 0.394 e. The smallest absolute Gasteiger partial charge is 0.0616 e. The SMILES string of the molecule is CCCNC1(CO)CCCC1CCOCC1CCOC1. The van der Waals surface area contributed by atoms with Gasteiger partial charge >= 0.3 is 0 Å². The van der Waals surface area contributed by atoms with Crippen LogP contribution in [0.15, 0.2) is 0 Å². The molecule has 118 valence electrons. The average Bonchev–Trinajstić information content (AvgIpc) is 3.11. The van der Waals surface area contributed by atoms with Gasteiger partial charge in [0.05, 0.1) is 19.8 Å². The van der Waals surface area contributed by atoms with Gasteiger partial charge in [0, 0.05) is 24.7 Å². The first-order valence-electron chi connectivity index (χ1n) is 8.32. The van der Waals surface area contributed by atoms with Crippen LogP contribution in [0.3, 0.4) is 0 Å². The minimum atomic E-state index is -0.0458. The lowest BCUT2D eigenvalue weighted by atomic mass is 9.85. The Hall–Kier alpha value is -0.160. The van der Waals surface area contributed by atoms with E-state index in [0.717, 1.165) is 58.7 Å². The zero-order chi connectivity index (χ0) is 14.3. The van der Waals surface area contributed by atoms with Gasteiger partial charge in [-0.3, -0.25) is 0 Å². The summed E-state index contributed by atoms with van der Waals surface area (Å²) in [5.74, 6) is 1.15. The normalized spacial score (nSPS) is 33.9. The lowest BCUT2D eigenvalue weighted by Gasteiger charge is -2.35. The number of rotatable bonds is 9. The molecule has 1 heterocycles. The van der Waals surface area contributed by atoms with Crippen LogP contribution in [0.2, 0.25) is 0 Å². The highest BCUT2D eigenvalue weighted by molar-refractivity contribution is 4.98. The second-order valence-electron chi connectivity index (χ2n) is 6.42. The second kappa shape index (κ2) is 8.32. The molecule has 4 nitrogen and oxygen atoms in total. The Labute approximate surface area is 123 Å². The van der Waals surface area contributed by atoms with Crippen molar-refractivity contribution in [1.29, 1.82) is 0 Å². The molecule has 0 bridgehead atoms. The molecule has 2 N–H and O–H groups in total. The van der Waals surface area contributed by atoms with E-state index < -0.39 is 0 Å². The van der Waals surface area contributed by atoms with Crippen molar-refractivity contribution < 1.29 is 14.6 Å². The van der Waals surface area contributed by atoms with Gasteiger partial charge in [0.25, 0.3) is 0 Å². The molecule has 20 heavy (non-hydrogen) atoms. The lowest BCUT2D eigenvalue weighted by Crippen LogP contribution is -2.52. The third-order valence-electron chi connectivity index (χ3n) is 4.95. The Morgan fingerprint density at radius 3 is 3.00 bits per heavy atom. The van der Waals surface area contributed by atoms with Crippen LogP contribution < -0.4 is 5.32 Å². The third-order valence-corrected chi connectivity index (χ3v) is 4.95. The maximum Gasteiger partial charge on any atom is 0.0616 e. The number of hydrogen-bond acceptors (Lipinski definition) is 4. The summed E-state index contributed by atoms with van der Waals surface area (Å²) in [4.78, 5) is 0. The molecule has 1 saturated carbocycles. The zero-order valence-corrected chi connectivity index (χ0v) is 12.9. The molecule has 1 saturated heterocycles. The fourth-order valence-electron chi connectivity index (χ4n) is 3.63. The van der Waals surface area contributed by atoms with Crippen molar-refractivity contribution >= 4 is 0 Å². The van der Waals surface area contributed by atoms with Crippen LogP contribution in [-0.4, -0.2) is 50.2 Å². The van der Waals surface area contributed by atoms with Gasteiger partial charge in [-0.25, -0.2) is 0 Å². The maximum atomic E-state index is 9.82. The van der Waals surface area contributed by atoms with Gasteiger partial charge in [-0.2, -0.15) is 0 Å². The van der Waals surface area contributed by atoms with Crippen LogP contribution >= 0.6 is 0 Å². The molecular weight excluding hydrogens is 254 g/mol. The number of hydrogen-bond donors (Lipinski definition) is 2. The summed E-state index contributed by atoms with van der Waals surface area (Å²) in [6.07, 6.45) is 6.86. The molecule has 0 amide bonds. The van der Waals surface area contributed by atoms with Crippen LogP contribution in [0, 0.1) is 11.8 Å². The van der Waals surface area contributed by atoms with Crippen molar-refractivity contribution in [3.8, 4) is 0 Å². The van der Waals surface area contributed by atoms with Gasteiger partial charge in [0.2, 0.25) is 0 Å². The summed E-state index contributed by atoms with van der Waals surface area (Å²) in [7, 11) is 0. The van der Waals surface area contributed by atoms with Crippen molar-refractivity contribution in [3.63, 3.8) is 0 Å². The van der Waals surface area contributed by atoms with Gasteiger partial charge < -0.3 is 19.9 Å². The first-order valence-corrected chi connectivity index (χ1v) is 8.32. The van der Waals surface area contributed by atoms with Crippen molar-refractivity contribution in [1.82, 2.24) is 5.32 Å². The summed E-state index contributed by atoms with van der Waals surface area (Å²) in [5.41, 5.74) is -0.0458. The molecule has 2 fully saturated rings. The van der Waals surface area contributed by atoms with Crippen molar-refractivity contribution in [2.24, 2.45) is 11.8 Å². The monoisotopic (exact) mass is 285 g/mol. The maximum absolute atomic E-state index is 9.82. The summed E-state index contributed by atoms with van der Waals surface area (Å²) in [6.45, 7) is 6.84. The van der Waals surface area contributed by atoms with E-state index in [2.05, 4.69) is 12.2 Å². The molecule has 0 aromatic rings. The average molecular weight is 285 g/mol. The highest BCUT2D eigenvalue weighted by Crippen LogP contribution is 2.37. The van der Waals surface area contributed by atoms with E-state index >= 15 is 0 Å². The van der Waals surface area contributed by atoms with Crippen LogP contribution in [0.25, 0.3) is 0 Å². The first-order chi connectivity index (χ1) is 9.80. The Morgan fingerprint density at radius 2 is 2.30 bits per heavy atom. The van der Waals surface area contributed by atoms with E-state index in [1.165, 1.54) is 12.8 Å². The molecule has 0 aromatic heterocycles. The minimum absolute atomic E-state index is 0.0458. The minimum Gasteiger partial charge on any atom is -0.394 e. The quantitative estimate of drug-likeness (QED) is 0.636. The van der Waals surface area contributed by atoms with E-state index in [0.29, 0.717) is 11.8 Å². The van der Waals surface area contributed by atoms with E-state index in [1.807, 2.05) is 0 Å². The summed E-state index contributed by atoms with van der Waals surface area (Å²) < 4.78 is 11.2. The van der Waals surface area contributed by atoms with Gasteiger partial charge in [-0.1, -0.05) is 13.3 Å². The fourth-order valence-corrected chi connectivity index (χ4v) is 3.63. The predicted molar refractivity (Wildman–Crippen MR) is 79.8 cm³/mol. The van der Waals surface area contributed by atoms with Crippen molar-refractivity contribution in [3.05, 3.63) is 0 Å². The Kier molecular flexibility index (Phi) is 6.75. The molecule has 0 spiro atoms. The number of aliphatic hydroxyl groups is 1. The molecule has 3 atom stereocenters. The molecule has 2 aliphatic rings. The molecule has 3 unspecified atom stereocenters. The zero-order valence-electron chi connectivity index (χ0n) is 12.9. The summed E-state index contributed by atoms with van der Waals surface area (Å²) in [6, 6.07) is 0. The number of nitrogens with one attached hydrogen (secondary N) is 1. The molecular formula is C16H31NO3. The van der Waals surface area contributed by atoms with Crippen LogP contribution in [0.5, 0.6) is 0 Å². The number of ether oxygens (including phenoxy) is 2. The summed E-state index contributed by atoms with van der Waals surface area (Å²) in [5, 5.41) is 13.4. The van der Waals surface area contributed by atoms with Crippen LogP contribution in [0.4, 0.5) is 0 Å². The van der Waals surface area contributed by atoms with Gasteiger partial charge in [-0.15, -0.1) is 0 Å². The van der Waals surface area contributed by atoms with Gasteiger partial charge in [0.15, 0.2) is 0 Å². The Balaban J connectivity index is 1.69. The van der Waals surface area contributed by atoms with E-state index in [4.69, 9.17) is 9.47 Å². The first kappa shape index (κ1) is 16.2. The number of aliphatic hydroxyl groups excluding tert-OH is 1. The van der Waals surface area contributed by atoms with Crippen LogP contribution in [-0.2, 0) is 9.47 Å².